The molecule has 90 valence electrons. The van der Waals surface area contributed by atoms with Crippen LogP contribution < -0.4 is 5.32 Å². The molecule has 0 saturated heterocycles. The van der Waals surface area contributed by atoms with Gasteiger partial charge in [-0.25, -0.2) is 4.68 Å². The Morgan fingerprint density at radius 2 is 2.11 bits per heavy atom. The van der Waals surface area contributed by atoms with Gasteiger partial charge in [0.1, 0.15) is 0 Å². The van der Waals surface area contributed by atoms with Crippen molar-refractivity contribution in [2.24, 2.45) is 0 Å². The lowest BCUT2D eigenvalue weighted by Crippen LogP contribution is -2.05. The first-order chi connectivity index (χ1) is 8.93. The molecule has 2 heterocycles. The van der Waals surface area contributed by atoms with Gasteiger partial charge in [-0.3, -0.25) is 5.10 Å². The minimum absolute atomic E-state index is 0.686. The molecule has 2 aromatic heterocycles. The van der Waals surface area contributed by atoms with Crippen LogP contribution in [0.3, 0.4) is 0 Å². The highest BCUT2D eigenvalue weighted by molar-refractivity contribution is 5.60. The molecule has 2 N–H and O–H groups in total. The molecule has 18 heavy (non-hydrogen) atoms. The van der Waals surface area contributed by atoms with E-state index in [0.29, 0.717) is 6.54 Å². The number of hydrogen-bond donors (Lipinski definition) is 2. The van der Waals surface area contributed by atoms with Crippen LogP contribution >= 0.6 is 0 Å². The van der Waals surface area contributed by atoms with E-state index in [0.717, 1.165) is 17.1 Å². The van der Waals surface area contributed by atoms with Crippen molar-refractivity contribution in [3.63, 3.8) is 0 Å². The van der Waals surface area contributed by atoms with Crippen molar-refractivity contribution in [1.82, 2.24) is 25.2 Å². The van der Waals surface area contributed by atoms with Crippen LogP contribution in [0, 0.1) is 0 Å². The number of aromatic amines is 1. The second-order valence-electron chi connectivity index (χ2n) is 3.80. The Hall–Kier alpha value is -2.63. The van der Waals surface area contributed by atoms with Crippen LogP contribution in [0.15, 0.2) is 48.9 Å². The summed E-state index contributed by atoms with van der Waals surface area (Å²) in [5, 5.41) is 18.0. The van der Waals surface area contributed by atoms with Crippen LogP contribution in [-0.2, 0) is 6.54 Å². The van der Waals surface area contributed by atoms with E-state index in [-0.39, 0.29) is 0 Å². The van der Waals surface area contributed by atoms with Crippen LogP contribution in [-0.4, -0.2) is 25.2 Å². The summed E-state index contributed by atoms with van der Waals surface area (Å²) in [7, 11) is 0. The van der Waals surface area contributed by atoms with Gasteiger partial charge in [0.15, 0.2) is 0 Å². The summed E-state index contributed by atoms with van der Waals surface area (Å²) < 4.78 is 1.73. The van der Waals surface area contributed by atoms with Crippen LogP contribution in [0.2, 0.25) is 0 Å². The van der Waals surface area contributed by atoms with E-state index in [4.69, 9.17) is 0 Å². The summed E-state index contributed by atoms with van der Waals surface area (Å²) >= 11 is 0. The summed E-state index contributed by atoms with van der Waals surface area (Å²) in [5.74, 6) is 0. The van der Waals surface area contributed by atoms with E-state index in [1.165, 1.54) is 0 Å². The van der Waals surface area contributed by atoms with Gasteiger partial charge in [-0.05, 0) is 18.2 Å². The Labute approximate surface area is 104 Å². The Balaban J connectivity index is 1.84. The van der Waals surface area contributed by atoms with E-state index in [1.54, 1.807) is 17.1 Å². The van der Waals surface area contributed by atoms with Crippen molar-refractivity contribution in [2.45, 2.75) is 6.54 Å². The van der Waals surface area contributed by atoms with Gasteiger partial charge in [-0.2, -0.15) is 5.10 Å². The summed E-state index contributed by atoms with van der Waals surface area (Å²) in [6.45, 7) is 0.686. The molecule has 0 saturated carbocycles. The molecule has 0 aliphatic heterocycles. The van der Waals surface area contributed by atoms with E-state index in [1.807, 2.05) is 36.5 Å². The van der Waals surface area contributed by atoms with Gasteiger partial charge in [0.05, 0.1) is 36.0 Å². The lowest BCUT2D eigenvalue weighted by molar-refractivity contribution is 0.803. The van der Waals surface area contributed by atoms with E-state index >= 15 is 0 Å². The number of nitrogens with one attached hydrogen (secondary N) is 2. The molecule has 0 fully saturated rings. The largest absolute Gasteiger partial charge is 0.378 e. The molecule has 0 unspecified atom stereocenters. The van der Waals surface area contributed by atoms with Gasteiger partial charge < -0.3 is 5.32 Å². The Bertz CT molecular complexity index is 599. The van der Waals surface area contributed by atoms with Crippen molar-refractivity contribution < 1.29 is 0 Å². The first-order valence-corrected chi connectivity index (χ1v) is 5.61. The van der Waals surface area contributed by atoms with Gasteiger partial charge in [0.25, 0.3) is 0 Å². The second kappa shape index (κ2) is 4.70. The molecular weight excluding hydrogens is 228 g/mol. The number of aromatic nitrogens is 5. The average molecular weight is 240 g/mol. The molecule has 0 radical (unpaired) electrons. The number of rotatable bonds is 4. The fourth-order valence-electron chi connectivity index (χ4n) is 1.73. The molecule has 0 aliphatic rings. The monoisotopic (exact) mass is 240 g/mol. The Kier molecular flexibility index (Phi) is 2.75. The Morgan fingerprint density at radius 3 is 2.89 bits per heavy atom. The van der Waals surface area contributed by atoms with Crippen molar-refractivity contribution in [3.05, 3.63) is 54.6 Å². The van der Waals surface area contributed by atoms with Crippen molar-refractivity contribution >= 4 is 5.69 Å². The molecule has 0 aliphatic carbocycles. The molecule has 0 spiro atoms. The van der Waals surface area contributed by atoms with E-state index in [2.05, 4.69) is 25.8 Å². The molecule has 0 atom stereocenters. The highest BCUT2D eigenvalue weighted by atomic mass is 15.4. The summed E-state index contributed by atoms with van der Waals surface area (Å²) in [5.41, 5.74) is 3.00. The zero-order chi connectivity index (χ0) is 12.2. The Morgan fingerprint density at radius 1 is 1.17 bits per heavy atom. The maximum atomic E-state index is 4.00. The third kappa shape index (κ3) is 2.08. The number of H-pyrrole nitrogens is 1. The molecular formula is C12H12N6. The molecule has 0 bridgehead atoms. The first-order valence-electron chi connectivity index (χ1n) is 5.61. The lowest BCUT2D eigenvalue weighted by Gasteiger charge is -2.10. The summed E-state index contributed by atoms with van der Waals surface area (Å²) in [4.78, 5) is 0. The van der Waals surface area contributed by atoms with Gasteiger partial charge >= 0.3 is 0 Å². The molecule has 0 amide bonds. The molecule has 1 aromatic carbocycles. The van der Waals surface area contributed by atoms with Gasteiger partial charge in [-0.1, -0.05) is 17.3 Å². The molecule has 3 aromatic rings. The highest BCUT2D eigenvalue weighted by Gasteiger charge is 2.04. The molecule has 6 heteroatoms. The minimum Gasteiger partial charge on any atom is -0.378 e. The standard InChI is InChI=1S/C12H12N6/c1-2-4-12(18-8-7-15-17-18)11(3-1)13-9-10-5-6-14-16-10/h1-8,13H,9H2,(H,14,16). The first kappa shape index (κ1) is 10.5. The topological polar surface area (TPSA) is 71.4 Å². The van der Waals surface area contributed by atoms with Crippen molar-refractivity contribution in [2.75, 3.05) is 5.32 Å². The van der Waals surface area contributed by atoms with Gasteiger partial charge in [-0.15, -0.1) is 5.10 Å². The second-order valence-corrected chi connectivity index (χ2v) is 3.80. The molecule has 6 nitrogen and oxygen atoms in total. The predicted octanol–water partition coefficient (Wildman–Crippen LogP) is 1.60. The van der Waals surface area contributed by atoms with Crippen LogP contribution in [0.25, 0.3) is 5.69 Å². The van der Waals surface area contributed by atoms with Crippen LogP contribution in [0.4, 0.5) is 5.69 Å². The zero-order valence-corrected chi connectivity index (χ0v) is 9.61. The number of anilines is 1. The minimum atomic E-state index is 0.686. The van der Waals surface area contributed by atoms with Crippen molar-refractivity contribution in [3.8, 4) is 5.69 Å². The maximum Gasteiger partial charge on any atom is 0.0894 e. The fraction of sp³-hybridized carbons (Fsp3) is 0.0833. The summed E-state index contributed by atoms with van der Waals surface area (Å²) in [6, 6.07) is 9.89. The third-order valence-corrected chi connectivity index (χ3v) is 2.60. The number of hydrogen-bond acceptors (Lipinski definition) is 4. The average Bonchev–Trinajstić information content (AvgIpc) is 3.10. The normalized spacial score (nSPS) is 10.4. The molecule has 3 rings (SSSR count). The van der Waals surface area contributed by atoms with Gasteiger partial charge in [0, 0.05) is 6.20 Å². The van der Waals surface area contributed by atoms with Crippen LogP contribution in [0.1, 0.15) is 5.69 Å². The van der Waals surface area contributed by atoms with Gasteiger partial charge in [0.2, 0.25) is 0 Å². The SMILES string of the molecule is c1ccc(-n2ccnn2)c(NCc2ccn[nH]2)c1. The smallest absolute Gasteiger partial charge is 0.0894 e. The van der Waals surface area contributed by atoms with Crippen molar-refractivity contribution in [1.29, 1.82) is 0 Å². The summed E-state index contributed by atoms with van der Waals surface area (Å²) in [6.07, 6.45) is 5.21. The van der Waals surface area contributed by atoms with E-state index < -0.39 is 0 Å². The predicted molar refractivity (Wildman–Crippen MR) is 67.3 cm³/mol. The fourth-order valence-corrected chi connectivity index (χ4v) is 1.73. The number of para-hydroxylation sites is 2. The number of nitrogens with zero attached hydrogens (tertiary/aromatic N) is 4. The quantitative estimate of drug-likeness (QED) is 0.726. The third-order valence-electron chi connectivity index (χ3n) is 2.60. The zero-order valence-electron chi connectivity index (χ0n) is 9.61. The van der Waals surface area contributed by atoms with Crippen LogP contribution in [0.5, 0.6) is 0 Å². The maximum absolute atomic E-state index is 4.00. The highest BCUT2D eigenvalue weighted by Crippen LogP contribution is 2.19. The number of benzene rings is 1. The van der Waals surface area contributed by atoms with E-state index in [9.17, 15) is 0 Å². The lowest BCUT2D eigenvalue weighted by atomic mass is 10.2.